The molecule has 1 fully saturated rings. The molecule has 1 unspecified atom stereocenters. The fraction of sp³-hybridized carbons (Fsp3) is 0.217. The van der Waals surface area contributed by atoms with Crippen LogP contribution in [-0.4, -0.2) is 34.1 Å². The summed E-state index contributed by atoms with van der Waals surface area (Å²) in [6.45, 7) is 1.87. The summed E-state index contributed by atoms with van der Waals surface area (Å²) in [5.41, 5.74) is 8.28. The number of carbonyl (C=O) groups is 2. The summed E-state index contributed by atoms with van der Waals surface area (Å²) in [5.74, 6) is 0.531. The lowest BCUT2D eigenvalue weighted by molar-refractivity contribution is -0.144. The number of nitrogens with two attached hydrogens (primary N) is 1. The molecule has 1 amide bonds. The zero-order valence-electron chi connectivity index (χ0n) is 16.4. The van der Waals surface area contributed by atoms with Crippen LogP contribution < -0.4 is 5.73 Å². The van der Waals surface area contributed by atoms with Crippen LogP contribution in [0.5, 0.6) is 0 Å². The van der Waals surface area contributed by atoms with Gasteiger partial charge in [-0.05, 0) is 18.1 Å². The summed E-state index contributed by atoms with van der Waals surface area (Å²) in [5, 5.41) is -0.228. The van der Waals surface area contributed by atoms with Crippen LogP contribution in [-0.2, 0) is 14.3 Å². The van der Waals surface area contributed by atoms with Crippen molar-refractivity contribution in [2.45, 2.75) is 24.4 Å². The van der Waals surface area contributed by atoms with Crippen LogP contribution in [0.2, 0.25) is 0 Å². The molecule has 0 aliphatic carbocycles. The summed E-state index contributed by atoms with van der Waals surface area (Å²) < 4.78 is 11.3. The number of β-lactam (4-membered cyclic amide) rings is 1. The molecule has 0 bridgehead atoms. The standard InChI is InChI=1S/C23H22N2O4S/c1-2-9-17-14-30-22-18(24)20(26)25(22)21(17)29-23(27)28-19(15-10-5-3-6-11-15)16-12-7-4-8-13-16/h2-13,18-19,22H,14,24H2,1H3/b9-2-/t18?,22-/m0/s1. The minimum Gasteiger partial charge on any atom is -0.421 e. The van der Waals surface area contributed by atoms with Gasteiger partial charge in [0.1, 0.15) is 11.4 Å². The second kappa shape index (κ2) is 8.77. The van der Waals surface area contributed by atoms with Crippen molar-refractivity contribution in [1.82, 2.24) is 4.90 Å². The maximum Gasteiger partial charge on any atom is 0.516 e. The lowest BCUT2D eigenvalue weighted by atomic mass is 10.0. The third-order valence-corrected chi connectivity index (χ3v) is 6.28. The van der Waals surface area contributed by atoms with Gasteiger partial charge < -0.3 is 15.2 Å². The molecule has 7 heteroatoms. The van der Waals surface area contributed by atoms with Gasteiger partial charge in [0.15, 0.2) is 6.10 Å². The lowest BCUT2D eigenvalue weighted by Crippen LogP contribution is -2.68. The lowest BCUT2D eigenvalue weighted by Gasteiger charge is -2.47. The van der Waals surface area contributed by atoms with E-state index in [-0.39, 0.29) is 17.2 Å². The minimum absolute atomic E-state index is 0.202. The molecule has 2 N–H and O–H groups in total. The van der Waals surface area contributed by atoms with Gasteiger partial charge in [0.2, 0.25) is 11.8 Å². The van der Waals surface area contributed by atoms with Gasteiger partial charge in [0, 0.05) is 11.3 Å². The maximum atomic E-state index is 12.8. The molecular weight excluding hydrogens is 400 g/mol. The first-order valence-electron chi connectivity index (χ1n) is 9.64. The van der Waals surface area contributed by atoms with Crippen LogP contribution in [0, 0.1) is 0 Å². The molecule has 6 nitrogen and oxygen atoms in total. The Kier molecular flexibility index (Phi) is 5.92. The highest BCUT2D eigenvalue weighted by molar-refractivity contribution is 8.00. The first-order chi connectivity index (χ1) is 14.6. The molecule has 0 radical (unpaired) electrons. The molecule has 2 aromatic rings. The zero-order valence-corrected chi connectivity index (χ0v) is 17.2. The van der Waals surface area contributed by atoms with Crippen LogP contribution in [0.15, 0.2) is 84.3 Å². The van der Waals surface area contributed by atoms with E-state index in [2.05, 4.69) is 0 Å². The first-order valence-corrected chi connectivity index (χ1v) is 10.7. The quantitative estimate of drug-likeness (QED) is 0.580. The van der Waals surface area contributed by atoms with E-state index in [1.807, 2.05) is 79.7 Å². The number of hydrogen-bond acceptors (Lipinski definition) is 6. The number of rotatable bonds is 5. The molecule has 2 aromatic carbocycles. The van der Waals surface area contributed by atoms with Crippen molar-refractivity contribution < 1.29 is 19.1 Å². The number of amides is 1. The predicted octanol–water partition coefficient (Wildman–Crippen LogP) is 3.96. The van der Waals surface area contributed by atoms with Gasteiger partial charge in [0.25, 0.3) is 0 Å². The normalized spacial score (nSPS) is 20.9. The molecule has 2 atom stereocenters. The average Bonchev–Trinajstić information content (AvgIpc) is 2.79. The minimum atomic E-state index is -0.872. The van der Waals surface area contributed by atoms with Crippen LogP contribution in [0.25, 0.3) is 0 Å². The molecule has 0 aromatic heterocycles. The van der Waals surface area contributed by atoms with Gasteiger partial charge in [-0.3, -0.25) is 9.69 Å². The fourth-order valence-electron chi connectivity index (χ4n) is 3.49. The summed E-state index contributed by atoms with van der Waals surface area (Å²) in [6.07, 6.45) is 2.16. The van der Waals surface area contributed by atoms with E-state index in [0.29, 0.717) is 5.75 Å². The molecule has 4 rings (SSSR count). The van der Waals surface area contributed by atoms with Crippen molar-refractivity contribution in [3.05, 3.63) is 95.4 Å². The number of ether oxygens (including phenoxy) is 2. The Labute approximate surface area is 179 Å². The van der Waals surface area contributed by atoms with Crippen molar-refractivity contribution in [1.29, 1.82) is 0 Å². The fourth-order valence-corrected chi connectivity index (χ4v) is 4.73. The van der Waals surface area contributed by atoms with Gasteiger partial charge >= 0.3 is 6.16 Å². The number of allylic oxidation sites excluding steroid dienone is 2. The monoisotopic (exact) mass is 422 g/mol. The van der Waals surface area contributed by atoms with E-state index in [4.69, 9.17) is 15.2 Å². The van der Waals surface area contributed by atoms with E-state index in [9.17, 15) is 9.59 Å². The zero-order chi connectivity index (χ0) is 21.1. The van der Waals surface area contributed by atoms with E-state index >= 15 is 0 Å². The number of benzene rings is 2. The Balaban J connectivity index is 1.59. The first kappa shape index (κ1) is 20.3. The van der Waals surface area contributed by atoms with Crippen LogP contribution in [0.4, 0.5) is 4.79 Å². The summed E-state index contributed by atoms with van der Waals surface area (Å²) in [4.78, 5) is 26.5. The van der Waals surface area contributed by atoms with Crippen LogP contribution in [0.3, 0.4) is 0 Å². The summed E-state index contributed by atoms with van der Waals surface area (Å²) >= 11 is 1.55. The third kappa shape index (κ3) is 3.86. The average molecular weight is 423 g/mol. The Morgan fingerprint density at radius 1 is 1.13 bits per heavy atom. The second-order valence-corrected chi connectivity index (χ2v) is 8.04. The van der Waals surface area contributed by atoms with Crippen LogP contribution >= 0.6 is 11.8 Å². The predicted molar refractivity (Wildman–Crippen MR) is 115 cm³/mol. The molecule has 1 saturated heterocycles. The van der Waals surface area contributed by atoms with Crippen molar-refractivity contribution in [3.63, 3.8) is 0 Å². The smallest absolute Gasteiger partial charge is 0.421 e. The molecule has 2 aliphatic rings. The highest BCUT2D eigenvalue weighted by Gasteiger charge is 2.51. The van der Waals surface area contributed by atoms with Crippen molar-refractivity contribution in [2.24, 2.45) is 5.73 Å². The van der Waals surface area contributed by atoms with Crippen molar-refractivity contribution >= 4 is 23.8 Å². The van der Waals surface area contributed by atoms with Gasteiger partial charge in [-0.25, -0.2) is 4.79 Å². The van der Waals surface area contributed by atoms with E-state index in [1.165, 1.54) is 4.90 Å². The SMILES string of the molecule is C/C=C\C1=C(OC(=O)OC(c2ccccc2)c2ccccc2)N2C(=O)C(N)[C@@H]2SC1. The highest BCUT2D eigenvalue weighted by atomic mass is 32.2. The Morgan fingerprint density at radius 2 is 1.73 bits per heavy atom. The highest BCUT2D eigenvalue weighted by Crippen LogP contribution is 2.40. The number of hydrogen-bond donors (Lipinski definition) is 1. The Bertz CT molecular complexity index is 951. The summed E-state index contributed by atoms with van der Waals surface area (Å²) in [7, 11) is 0. The molecule has 0 saturated carbocycles. The maximum absolute atomic E-state index is 12.8. The van der Waals surface area contributed by atoms with Gasteiger partial charge in [-0.2, -0.15) is 0 Å². The number of carbonyl (C=O) groups excluding carboxylic acids is 2. The molecular formula is C23H22N2O4S. The van der Waals surface area contributed by atoms with E-state index in [1.54, 1.807) is 11.8 Å². The molecule has 0 spiro atoms. The largest absolute Gasteiger partial charge is 0.516 e. The van der Waals surface area contributed by atoms with Gasteiger partial charge in [-0.1, -0.05) is 72.8 Å². The Morgan fingerprint density at radius 3 is 2.30 bits per heavy atom. The van der Waals surface area contributed by atoms with Crippen LogP contribution in [0.1, 0.15) is 24.2 Å². The number of nitrogens with zero attached hydrogens (tertiary/aromatic N) is 1. The van der Waals surface area contributed by atoms with Crippen molar-refractivity contribution in [3.8, 4) is 0 Å². The third-order valence-electron chi connectivity index (χ3n) is 4.95. The molecule has 2 aliphatic heterocycles. The molecule has 30 heavy (non-hydrogen) atoms. The number of thioether (sulfide) groups is 1. The Hall–Kier alpha value is -3.03. The van der Waals surface area contributed by atoms with E-state index < -0.39 is 18.3 Å². The molecule has 154 valence electrons. The van der Waals surface area contributed by atoms with Crippen molar-refractivity contribution in [2.75, 3.05) is 5.75 Å². The van der Waals surface area contributed by atoms with Gasteiger partial charge in [0.05, 0.1) is 0 Å². The second-order valence-electron chi connectivity index (χ2n) is 6.94. The van der Waals surface area contributed by atoms with E-state index in [0.717, 1.165) is 16.7 Å². The summed E-state index contributed by atoms with van der Waals surface area (Å²) in [6, 6.07) is 18.3. The number of fused-ring (bicyclic) bond motifs is 1. The molecule has 2 heterocycles. The van der Waals surface area contributed by atoms with Gasteiger partial charge in [-0.15, -0.1) is 11.8 Å². The topological polar surface area (TPSA) is 81.9 Å².